The maximum absolute atomic E-state index is 11.5. The predicted octanol–water partition coefficient (Wildman–Crippen LogP) is 2.11. The number of aromatic nitrogens is 3. The summed E-state index contributed by atoms with van der Waals surface area (Å²) in [4.78, 5) is 19.9. The van der Waals surface area contributed by atoms with Crippen molar-refractivity contribution in [2.75, 3.05) is 13.1 Å². The molecule has 0 saturated heterocycles. The minimum Gasteiger partial charge on any atom is -0.444 e. The van der Waals surface area contributed by atoms with Crippen molar-refractivity contribution < 1.29 is 9.53 Å². The van der Waals surface area contributed by atoms with Gasteiger partial charge in [-0.3, -0.25) is 4.40 Å². The molecule has 0 aliphatic carbocycles. The molecule has 120 valence electrons. The summed E-state index contributed by atoms with van der Waals surface area (Å²) in [7, 11) is 0. The summed E-state index contributed by atoms with van der Waals surface area (Å²) in [5, 5.41) is 5.95. The average molecular weight is 370 g/mol. The van der Waals surface area contributed by atoms with Crippen LogP contribution in [0.3, 0.4) is 0 Å². The highest BCUT2D eigenvalue weighted by molar-refractivity contribution is 9.10. The van der Waals surface area contributed by atoms with Crippen molar-refractivity contribution in [2.45, 2.75) is 32.9 Å². The fourth-order valence-electron chi connectivity index (χ4n) is 1.83. The summed E-state index contributed by atoms with van der Waals surface area (Å²) >= 11 is 3.34. The molecular weight excluding hydrogens is 350 g/mol. The Labute approximate surface area is 137 Å². The third-order valence-corrected chi connectivity index (χ3v) is 3.13. The Kier molecular flexibility index (Phi) is 5.36. The number of amides is 1. The van der Waals surface area contributed by atoms with Crippen LogP contribution in [0.5, 0.6) is 0 Å². The van der Waals surface area contributed by atoms with Crippen molar-refractivity contribution in [1.82, 2.24) is 25.0 Å². The number of ether oxygens (including phenoxy) is 1. The van der Waals surface area contributed by atoms with Crippen LogP contribution in [0.15, 0.2) is 23.2 Å². The van der Waals surface area contributed by atoms with E-state index in [0.717, 1.165) is 15.9 Å². The smallest absolute Gasteiger partial charge is 0.407 e. The van der Waals surface area contributed by atoms with Crippen LogP contribution in [0.4, 0.5) is 4.79 Å². The van der Waals surface area contributed by atoms with Gasteiger partial charge in [-0.05, 0) is 36.7 Å². The van der Waals surface area contributed by atoms with E-state index in [-0.39, 0.29) is 0 Å². The van der Waals surface area contributed by atoms with E-state index in [9.17, 15) is 4.79 Å². The zero-order valence-corrected chi connectivity index (χ0v) is 14.5. The number of imidazole rings is 1. The molecule has 0 aliphatic heterocycles. The first-order valence-electron chi connectivity index (χ1n) is 7.00. The van der Waals surface area contributed by atoms with Crippen LogP contribution in [0.25, 0.3) is 5.65 Å². The minimum atomic E-state index is -0.477. The normalized spacial score (nSPS) is 11.6. The first kappa shape index (κ1) is 16.7. The molecule has 2 heterocycles. The van der Waals surface area contributed by atoms with Gasteiger partial charge >= 0.3 is 6.09 Å². The number of nitrogens with zero attached hydrogens (tertiary/aromatic N) is 3. The minimum absolute atomic E-state index is 0.404. The molecule has 0 unspecified atom stereocenters. The van der Waals surface area contributed by atoms with Gasteiger partial charge in [0.15, 0.2) is 5.65 Å². The van der Waals surface area contributed by atoms with Crippen molar-refractivity contribution in [2.24, 2.45) is 0 Å². The Morgan fingerprint density at radius 1 is 1.32 bits per heavy atom. The molecule has 2 aromatic rings. The maximum atomic E-state index is 11.5. The number of halogens is 1. The standard InChI is InChI=1S/C14H20BrN5O2/c1-14(2,3)22-13(21)17-5-4-16-6-10-7-19-12-8-18-11(15)9-20(10)12/h7-9,16H,4-6H2,1-3H3,(H,17,21). The third-order valence-electron chi connectivity index (χ3n) is 2.72. The van der Waals surface area contributed by atoms with E-state index < -0.39 is 11.7 Å². The highest BCUT2D eigenvalue weighted by Gasteiger charge is 2.15. The highest BCUT2D eigenvalue weighted by atomic mass is 79.9. The lowest BCUT2D eigenvalue weighted by Crippen LogP contribution is -2.36. The summed E-state index contributed by atoms with van der Waals surface area (Å²) in [5.74, 6) is 0. The molecule has 2 N–H and O–H groups in total. The van der Waals surface area contributed by atoms with E-state index in [0.29, 0.717) is 19.6 Å². The second kappa shape index (κ2) is 7.06. The van der Waals surface area contributed by atoms with Gasteiger partial charge in [0.1, 0.15) is 10.2 Å². The topological polar surface area (TPSA) is 80.5 Å². The highest BCUT2D eigenvalue weighted by Crippen LogP contribution is 2.10. The monoisotopic (exact) mass is 369 g/mol. The SMILES string of the molecule is CC(C)(C)OC(=O)NCCNCc1cnc2cnc(Br)cn12. The third kappa shape index (κ3) is 4.96. The van der Waals surface area contributed by atoms with E-state index >= 15 is 0 Å². The number of carbonyl (C=O) groups is 1. The summed E-state index contributed by atoms with van der Waals surface area (Å²) in [6.07, 6.45) is 4.98. The fraction of sp³-hybridized carbons (Fsp3) is 0.500. The Morgan fingerprint density at radius 2 is 2.09 bits per heavy atom. The van der Waals surface area contributed by atoms with E-state index in [1.54, 1.807) is 12.4 Å². The molecule has 2 aromatic heterocycles. The van der Waals surface area contributed by atoms with E-state index in [1.165, 1.54) is 0 Å². The van der Waals surface area contributed by atoms with Gasteiger partial charge in [-0.2, -0.15) is 0 Å². The van der Waals surface area contributed by atoms with Crippen molar-refractivity contribution in [1.29, 1.82) is 0 Å². The summed E-state index contributed by atoms with van der Waals surface area (Å²) in [5.41, 5.74) is 1.34. The van der Waals surface area contributed by atoms with Gasteiger partial charge in [-0.25, -0.2) is 14.8 Å². The fourth-order valence-corrected chi connectivity index (χ4v) is 2.14. The first-order valence-corrected chi connectivity index (χ1v) is 7.79. The van der Waals surface area contributed by atoms with Crippen LogP contribution in [0, 0.1) is 0 Å². The van der Waals surface area contributed by atoms with E-state index in [4.69, 9.17) is 4.74 Å². The molecule has 0 saturated carbocycles. The molecule has 0 atom stereocenters. The number of alkyl carbamates (subject to hydrolysis) is 1. The van der Waals surface area contributed by atoms with Crippen LogP contribution in [0.2, 0.25) is 0 Å². The van der Waals surface area contributed by atoms with Crippen LogP contribution < -0.4 is 10.6 Å². The Morgan fingerprint density at radius 3 is 2.82 bits per heavy atom. The Hall–Kier alpha value is -1.67. The summed E-state index contributed by atoms with van der Waals surface area (Å²) in [6, 6.07) is 0. The van der Waals surface area contributed by atoms with Crippen molar-refractivity contribution in [3.8, 4) is 0 Å². The summed E-state index contributed by atoms with van der Waals surface area (Å²) < 4.78 is 7.88. The lowest BCUT2D eigenvalue weighted by Gasteiger charge is -2.19. The van der Waals surface area contributed by atoms with Gasteiger partial charge in [0.2, 0.25) is 0 Å². The molecule has 1 amide bonds. The van der Waals surface area contributed by atoms with Crippen molar-refractivity contribution in [3.63, 3.8) is 0 Å². The number of hydrogen-bond acceptors (Lipinski definition) is 5. The second-order valence-electron chi connectivity index (χ2n) is 5.79. The van der Waals surface area contributed by atoms with E-state index in [2.05, 4.69) is 36.5 Å². The molecule has 0 aliphatic rings. The summed E-state index contributed by atoms with van der Waals surface area (Å²) in [6.45, 7) is 7.29. The molecule has 0 radical (unpaired) electrons. The molecule has 7 nitrogen and oxygen atoms in total. The van der Waals surface area contributed by atoms with Crippen LogP contribution >= 0.6 is 15.9 Å². The lowest BCUT2D eigenvalue weighted by molar-refractivity contribution is 0.0528. The molecule has 0 aromatic carbocycles. The lowest BCUT2D eigenvalue weighted by atomic mass is 10.2. The number of carbonyl (C=O) groups excluding carboxylic acids is 1. The van der Waals surface area contributed by atoms with Gasteiger partial charge in [-0.1, -0.05) is 0 Å². The molecular formula is C14H20BrN5O2. The molecule has 8 heteroatoms. The van der Waals surface area contributed by atoms with Gasteiger partial charge < -0.3 is 15.4 Å². The number of hydrogen-bond donors (Lipinski definition) is 2. The number of fused-ring (bicyclic) bond motifs is 1. The van der Waals surface area contributed by atoms with Crippen LogP contribution in [0.1, 0.15) is 26.5 Å². The van der Waals surface area contributed by atoms with Gasteiger partial charge in [-0.15, -0.1) is 0 Å². The molecule has 22 heavy (non-hydrogen) atoms. The second-order valence-corrected chi connectivity index (χ2v) is 6.61. The van der Waals surface area contributed by atoms with Crippen LogP contribution in [-0.4, -0.2) is 39.2 Å². The van der Waals surface area contributed by atoms with E-state index in [1.807, 2.05) is 31.4 Å². The molecule has 0 spiro atoms. The number of rotatable bonds is 5. The first-order chi connectivity index (χ1) is 10.3. The van der Waals surface area contributed by atoms with Gasteiger partial charge in [0, 0.05) is 25.8 Å². The van der Waals surface area contributed by atoms with Gasteiger partial charge in [0.25, 0.3) is 0 Å². The zero-order valence-electron chi connectivity index (χ0n) is 12.9. The Bertz CT molecular complexity index is 650. The molecule has 2 rings (SSSR count). The van der Waals surface area contributed by atoms with Gasteiger partial charge in [0.05, 0.1) is 18.1 Å². The van der Waals surface area contributed by atoms with Crippen molar-refractivity contribution >= 4 is 27.7 Å². The Balaban J connectivity index is 1.74. The number of nitrogens with one attached hydrogen (secondary N) is 2. The van der Waals surface area contributed by atoms with Crippen molar-refractivity contribution in [3.05, 3.63) is 28.9 Å². The van der Waals surface area contributed by atoms with Crippen LogP contribution in [-0.2, 0) is 11.3 Å². The molecule has 0 fully saturated rings. The largest absolute Gasteiger partial charge is 0.444 e. The maximum Gasteiger partial charge on any atom is 0.407 e. The predicted molar refractivity (Wildman–Crippen MR) is 86.6 cm³/mol. The molecule has 0 bridgehead atoms. The average Bonchev–Trinajstić information content (AvgIpc) is 2.79. The zero-order chi connectivity index (χ0) is 16.2. The quantitative estimate of drug-likeness (QED) is 0.788.